The second-order valence-corrected chi connectivity index (χ2v) is 8.74. The quantitative estimate of drug-likeness (QED) is 0.772. The van der Waals surface area contributed by atoms with Crippen molar-refractivity contribution in [3.05, 3.63) is 29.6 Å². The van der Waals surface area contributed by atoms with E-state index in [0.29, 0.717) is 19.0 Å². The van der Waals surface area contributed by atoms with Gasteiger partial charge >= 0.3 is 6.18 Å². The van der Waals surface area contributed by atoms with E-state index in [4.69, 9.17) is 0 Å². The maximum Gasteiger partial charge on any atom is 0.417 e. The summed E-state index contributed by atoms with van der Waals surface area (Å²) >= 11 is 0. The molecule has 1 aromatic heterocycles. The standard InChI is InChI=1S/C15H16F3NO3S/c16-15(17,18)10-4-5-13(19-8-10)14(20)9-6-11-2-1-3-12(7-9)23(11,21)22/h4-5,8-9,11-12H,1-3,6-7H2. The van der Waals surface area contributed by atoms with Gasteiger partial charge in [0.1, 0.15) is 5.69 Å². The molecule has 2 bridgehead atoms. The van der Waals surface area contributed by atoms with E-state index >= 15 is 0 Å². The largest absolute Gasteiger partial charge is 0.417 e. The fraction of sp³-hybridized carbons (Fsp3) is 0.600. The average Bonchev–Trinajstić information content (AvgIpc) is 2.44. The van der Waals surface area contributed by atoms with Crippen molar-refractivity contribution in [2.24, 2.45) is 5.92 Å². The van der Waals surface area contributed by atoms with Crippen molar-refractivity contribution >= 4 is 15.6 Å². The first-order chi connectivity index (χ1) is 10.7. The Morgan fingerprint density at radius 2 is 1.74 bits per heavy atom. The third-order valence-corrected chi connectivity index (χ3v) is 7.51. The van der Waals surface area contributed by atoms with Crippen LogP contribution in [0.3, 0.4) is 0 Å². The SMILES string of the molecule is O=C(c1ccc(C(F)(F)F)cn1)C1CC2CCCC(C1)S2(=O)=O. The number of aromatic nitrogens is 1. The molecule has 0 N–H and O–H groups in total. The number of hydrogen-bond donors (Lipinski definition) is 0. The molecule has 2 aliphatic rings. The van der Waals surface area contributed by atoms with Crippen LogP contribution >= 0.6 is 0 Å². The molecule has 2 saturated heterocycles. The Bertz CT molecular complexity index is 692. The summed E-state index contributed by atoms with van der Waals surface area (Å²) in [4.78, 5) is 16.1. The first-order valence-electron chi connectivity index (χ1n) is 7.50. The Balaban J connectivity index is 1.79. The molecular weight excluding hydrogens is 331 g/mol. The number of pyridine rings is 1. The Labute approximate surface area is 132 Å². The molecule has 2 unspecified atom stereocenters. The lowest BCUT2D eigenvalue weighted by atomic mass is 9.85. The molecule has 0 aliphatic carbocycles. The molecule has 8 heteroatoms. The molecule has 126 valence electrons. The van der Waals surface area contributed by atoms with Gasteiger partial charge in [-0.25, -0.2) is 8.42 Å². The molecule has 3 heterocycles. The lowest BCUT2D eigenvalue weighted by Crippen LogP contribution is -2.45. The number of nitrogens with zero attached hydrogens (tertiary/aromatic N) is 1. The van der Waals surface area contributed by atoms with Gasteiger partial charge < -0.3 is 0 Å². The van der Waals surface area contributed by atoms with E-state index in [1.807, 2.05) is 0 Å². The summed E-state index contributed by atoms with van der Waals surface area (Å²) in [6.45, 7) is 0. The van der Waals surface area contributed by atoms with E-state index < -0.39 is 38.0 Å². The van der Waals surface area contributed by atoms with Gasteiger partial charge in [-0.3, -0.25) is 9.78 Å². The van der Waals surface area contributed by atoms with Crippen LogP contribution in [0.2, 0.25) is 0 Å². The molecule has 1 aromatic rings. The van der Waals surface area contributed by atoms with Gasteiger partial charge in [-0.05, 0) is 37.8 Å². The number of hydrogen-bond acceptors (Lipinski definition) is 4. The molecule has 2 aliphatic heterocycles. The Morgan fingerprint density at radius 3 is 2.22 bits per heavy atom. The minimum absolute atomic E-state index is 0.0274. The van der Waals surface area contributed by atoms with E-state index in [1.165, 1.54) is 0 Å². The summed E-state index contributed by atoms with van der Waals surface area (Å²) in [5, 5.41) is -1.00. The highest BCUT2D eigenvalue weighted by Gasteiger charge is 2.46. The van der Waals surface area contributed by atoms with Crippen LogP contribution in [-0.4, -0.2) is 29.7 Å². The first-order valence-corrected chi connectivity index (χ1v) is 9.10. The van der Waals surface area contributed by atoms with Gasteiger partial charge in [0.05, 0.1) is 16.1 Å². The van der Waals surface area contributed by atoms with E-state index in [2.05, 4.69) is 4.98 Å². The van der Waals surface area contributed by atoms with Gasteiger partial charge in [0.15, 0.2) is 15.6 Å². The summed E-state index contributed by atoms with van der Waals surface area (Å²) in [5.74, 6) is -0.830. The van der Waals surface area contributed by atoms with E-state index in [-0.39, 0.29) is 24.3 Å². The van der Waals surface area contributed by atoms with Gasteiger partial charge in [-0.1, -0.05) is 6.42 Å². The van der Waals surface area contributed by atoms with Crippen molar-refractivity contribution in [3.63, 3.8) is 0 Å². The van der Waals surface area contributed by atoms with E-state index in [9.17, 15) is 26.4 Å². The normalized spacial score (nSPS) is 30.0. The number of carbonyl (C=O) groups is 1. The van der Waals surface area contributed by atoms with Gasteiger partial charge in [-0.15, -0.1) is 0 Å². The number of Topliss-reactive ketones (excluding diaryl/α,β-unsaturated/α-hetero) is 1. The molecule has 0 spiro atoms. The van der Waals surface area contributed by atoms with Gasteiger partial charge in [0.2, 0.25) is 0 Å². The molecule has 2 fully saturated rings. The predicted molar refractivity (Wildman–Crippen MR) is 76.6 cm³/mol. The zero-order chi connectivity index (χ0) is 16.8. The Morgan fingerprint density at radius 1 is 1.13 bits per heavy atom. The highest BCUT2D eigenvalue weighted by molar-refractivity contribution is 7.92. The molecule has 0 aromatic carbocycles. The van der Waals surface area contributed by atoms with E-state index in [1.54, 1.807) is 0 Å². The van der Waals surface area contributed by atoms with Gasteiger partial charge in [-0.2, -0.15) is 13.2 Å². The molecule has 0 radical (unpaired) electrons. The number of alkyl halides is 3. The van der Waals surface area contributed by atoms with Crippen LogP contribution in [0.1, 0.15) is 48.2 Å². The predicted octanol–water partition coefficient (Wildman–Crippen LogP) is 3.03. The number of halogens is 3. The van der Waals surface area contributed by atoms with Crippen molar-refractivity contribution < 1.29 is 26.4 Å². The number of carbonyl (C=O) groups excluding carboxylic acids is 1. The fourth-order valence-corrected chi connectivity index (χ4v) is 6.08. The number of rotatable bonds is 2. The van der Waals surface area contributed by atoms with Crippen molar-refractivity contribution in [1.82, 2.24) is 4.98 Å². The lowest BCUT2D eigenvalue weighted by molar-refractivity contribution is -0.137. The van der Waals surface area contributed by atoms with Crippen LogP contribution in [0, 0.1) is 5.92 Å². The number of sulfone groups is 1. The minimum Gasteiger partial charge on any atom is -0.292 e. The van der Waals surface area contributed by atoms with Crippen LogP contribution in [0.15, 0.2) is 18.3 Å². The Kier molecular flexibility index (Phi) is 3.98. The summed E-state index contributed by atoms with van der Waals surface area (Å²) in [5.41, 5.74) is -0.933. The zero-order valence-corrected chi connectivity index (χ0v) is 13.0. The zero-order valence-electron chi connectivity index (χ0n) is 12.2. The topological polar surface area (TPSA) is 64.1 Å². The van der Waals surface area contributed by atoms with Crippen molar-refractivity contribution in [2.45, 2.75) is 48.8 Å². The molecular formula is C15H16F3NO3S. The third-order valence-electron chi connectivity index (χ3n) is 4.79. The first kappa shape index (κ1) is 16.4. The molecule has 0 amide bonds. The van der Waals surface area contributed by atoms with Crippen molar-refractivity contribution in [1.29, 1.82) is 0 Å². The van der Waals surface area contributed by atoms with Crippen molar-refractivity contribution in [2.75, 3.05) is 0 Å². The van der Waals surface area contributed by atoms with Crippen LogP contribution in [0.25, 0.3) is 0 Å². The van der Waals surface area contributed by atoms with Crippen LogP contribution in [0.4, 0.5) is 13.2 Å². The van der Waals surface area contributed by atoms with Gasteiger partial charge in [0.25, 0.3) is 0 Å². The smallest absolute Gasteiger partial charge is 0.292 e. The van der Waals surface area contributed by atoms with Crippen LogP contribution in [0.5, 0.6) is 0 Å². The maximum absolute atomic E-state index is 12.5. The monoisotopic (exact) mass is 347 g/mol. The molecule has 23 heavy (non-hydrogen) atoms. The highest BCUT2D eigenvalue weighted by Crippen LogP contribution is 2.40. The molecule has 4 nitrogen and oxygen atoms in total. The van der Waals surface area contributed by atoms with Crippen LogP contribution < -0.4 is 0 Å². The summed E-state index contributed by atoms with van der Waals surface area (Å²) in [6.07, 6.45) is -1.39. The summed E-state index contributed by atoms with van der Waals surface area (Å²) < 4.78 is 62.0. The Hall–Kier alpha value is -1.44. The van der Waals surface area contributed by atoms with Crippen LogP contribution in [-0.2, 0) is 16.0 Å². The van der Waals surface area contributed by atoms with E-state index in [0.717, 1.165) is 18.6 Å². The number of fused-ring (bicyclic) bond motifs is 2. The minimum atomic E-state index is -4.50. The summed E-state index contributed by atoms with van der Waals surface area (Å²) in [7, 11) is -3.16. The second-order valence-electron chi connectivity index (χ2n) is 6.23. The summed E-state index contributed by atoms with van der Waals surface area (Å²) in [6, 6.07) is 1.91. The number of ketones is 1. The molecule has 2 atom stereocenters. The average molecular weight is 347 g/mol. The maximum atomic E-state index is 12.5. The van der Waals surface area contributed by atoms with Gasteiger partial charge in [0, 0.05) is 12.1 Å². The third kappa shape index (κ3) is 3.00. The molecule has 0 saturated carbocycles. The molecule has 3 rings (SSSR count). The fourth-order valence-electron chi connectivity index (χ4n) is 3.54. The lowest BCUT2D eigenvalue weighted by Gasteiger charge is -2.37. The van der Waals surface area contributed by atoms with Crippen molar-refractivity contribution in [3.8, 4) is 0 Å². The highest BCUT2D eigenvalue weighted by atomic mass is 32.2. The second kappa shape index (κ2) is 5.58.